The van der Waals surface area contributed by atoms with Crippen LogP contribution in [0.25, 0.3) is 11.1 Å². The Balaban J connectivity index is 1.93. The molecule has 1 unspecified atom stereocenters. The summed E-state index contributed by atoms with van der Waals surface area (Å²) in [5.74, 6) is 0.0164. The van der Waals surface area contributed by atoms with Crippen LogP contribution in [-0.2, 0) is 10.3 Å². The molecule has 1 amide bonds. The Bertz CT molecular complexity index is 654. The summed E-state index contributed by atoms with van der Waals surface area (Å²) in [4.78, 5) is 11.4. The fourth-order valence-corrected chi connectivity index (χ4v) is 2.75. The molecule has 1 atom stereocenters. The maximum atomic E-state index is 11.4. The number of amides is 1. The molecule has 3 rings (SSSR count). The molecule has 3 nitrogen and oxygen atoms in total. The highest BCUT2D eigenvalue weighted by atomic mass is 35.5. The fourth-order valence-electron chi connectivity index (χ4n) is 2.50. The monoisotopic (exact) mass is 286 g/mol. The number of halogens is 1. The summed E-state index contributed by atoms with van der Waals surface area (Å²) in [5.41, 5.74) is 8.51. The SMILES string of the molecule is CC1(c2ccc(-c3ccccc3Cl)cc2)CC(=O)NN1. The fraction of sp³-hybridized carbons (Fsp3) is 0.188. The summed E-state index contributed by atoms with van der Waals surface area (Å²) in [5, 5.41) is 0.738. The van der Waals surface area contributed by atoms with E-state index in [4.69, 9.17) is 11.6 Å². The third-order valence-electron chi connectivity index (χ3n) is 3.70. The van der Waals surface area contributed by atoms with Gasteiger partial charge in [0.1, 0.15) is 0 Å². The Labute approximate surface area is 122 Å². The second-order valence-electron chi connectivity index (χ2n) is 5.24. The van der Waals surface area contributed by atoms with E-state index >= 15 is 0 Å². The van der Waals surface area contributed by atoms with Gasteiger partial charge in [0.05, 0.1) is 12.0 Å². The van der Waals surface area contributed by atoms with E-state index in [-0.39, 0.29) is 11.4 Å². The van der Waals surface area contributed by atoms with Crippen molar-refractivity contribution in [2.45, 2.75) is 18.9 Å². The molecule has 0 aromatic heterocycles. The molecule has 1 fully saturated rings. The summed E-state index contributed by atoms with van der Waals surface area (Å²) in [6.45, 7) is 2.01. The average Bonchev–Trinajstić information content (AvgIpc) is 2.81. The van der Waals surface area contributed by atoms with Gasteiger partial charge >= 0.3 is 0 Å². The Morgan fingerprint density at radius 1 is 1.10 bits per heavy atom. The van der Waals surface area contributed by atoms with Gasteiger partial charge in [-0.05, 0) is 24.1 Å². The minimum absolute atomic E-state index is 0.0164. The zero-order valence-corrected chi connectivity index (χ0v) is 11.9. The number of rotatable bonds is 2. The molecule has 102 valence electrons. The van der Waals surface area contributed by atoms with Crippen molar-refractivity contribution in [1.29, 1.82) is 0 Å². The summed E-state index contributed by atoms with van der Waals surface area (Å²) in [7, 11) is 0. The minimum Gasteiger partial charge on any atom is -0.291 e. The first-order valence-corrected chi connectivity index (χ1v) is 6.88. The first-order chi connectivity index (χ1) is 9.58. The van der Waals surface area contributed by atoms with Gasteiger partial charge < -0.3 is 0 Å². The van der Waals surface area contributed by atoms with Crippen LogP contribution in [0.2, 0.25) is 5.02 Å². The van der Waals surface area contributed by atoms with Gasteiger partial charge in [-0.15, -0.1) is 0 Å². The highest BCUT2D eigenvalue weighted by Gasteiger charge is 2.35. The molecule has 0 aliphatic carbocycles. The number of carbonyl (C=O) groups excluding carboxylic acids is 1. The number of hydrogen-bond acceptors (Lipinski definition) is 2. The first kappa shape index (κ1) is 13.2. The number of nitrogens with one attached hydrogen (secondary N) is 2. The highest BCUT2D eigenvalue weighted by molar-refractivity contribution is 6.33. The molecule has 2 N–H and O–H groups in total. The van der Waals surface area contributed by atoms with Gasteiger partial charge in [0.2, 0.25) is 5.91 Å². The predicted octanol–water partition coefficient (Wildman–Crippen LogP) is 3.25. The summed E-state index contributed by atoms with van der Waals surface area (Å²) in [6, 6.07) is 15.9. The number of hydrazine groups is 1. The Morgan fingerprint density at radius 2 is 1.80 bits per heavy atom. The number of hydrogen-bond donors (Lipinski definition) is 2. The zero-order chi connectivity index (χ0) is 14.2. The van der Waals surface area contributed by atoms with Crippen LogP contribution in [0.1, 0.15) is 18.9 Å². The molecule has 20 heavy (non-hydrogen) atoms. The van der Waals surface area contributed by atoms with Gasteiger partial charge in [0.25, 0.3) is 0 Å². The van der Waals surface area contributed by atoms with Gasteiger partial charge in [-0.1, -0.05) is 54.1 Å². The molecule has 1 heterocycles. The number of benzene rings is 2. The van der Waals surface area contributed by atoms with E-state index in [1.54, 1.807) is 0 Å². The molecule has 0 radical (unpaired) electrons. The van der Waals surface area contributed by atoms with Gasteiger partial charge in [-0.3, -0.25) is 10.2 Å². The third kappa shape index (κ3) is 2.30. The molecule has 1 aliphatic rings. The van der Waals surface area contributed by atoms with Crippen LogP contribution in [0.5, 0.6) is 0 Å². The molecule has 4 heteroatoms. The second kappa shape index (κ2) is 4.93. The van der Waals surface area contributed by atoms with Crippen LogP contribution in [-0.4, -0.2) is 5.91 Å². The van der Waals surface area contributed by atoms with Crippen molar-refractivity contribution in [1.82, 2.24) is 10.9 Å². The lowest BCUT2D eigenvalue weighted by atomic mass is 9.89. The molecule has 0 bridgehead atoms. The third-order valence-corrected chi connectivity index (χ3v) is 4.03. The lowest BCUT2D eigenvalue weighted by Crippen LogP contribution is -2.38. The van der Waals surface area contributed by atoms with Crippen LogP contribution in [0.4, 0.5) is 0 Å². The Morgan fingerprint density at radius 3 is 2.40 bits per heavy atom. The molecule has 0 spiro atoms. The number of carbonyl (C=O) groups is 1. The molecule has 1 saturated heterocycles. The van der Waals surface area contributed by atoms with Gasteiger partial charge in [-0.2, -0.15) is 0 Å². The topological polar surface area (TPSA) is 41.1 Å². The van der Waals surface area contributed by atoms with Crippen molar-refractivity contribution in [3.8, 4) is 11.1 Å². The van der Waals surface area contributed by atoms with Crippen molar-refractivity contribution in [3.63, 3.8) is 0 Å². The largest absolute Gasteiger partial charge is 0.291 e. The smallest absolute Gasteiger partial charge is 0.236 e. The van der Waals surface area contributed by atoms with Crippen LogP contribution >= 0.6 is 11.6 Å². The molecular weight excluding hydrogens is 272 g/mol. The van der Waals surface area contributed by atoms with E-state index in [9.17, 15) is 4.79 Å². The first-order valence-electron chi connectivity index (χ1n) is 6.50. The maximum absolute atomic E-state index is 11.4. The summed E-state index contributed by atoms with van der Waals surface area (Å²) >= 11 is 6.21. The lowest BCUT2D eigenvalue weighted by molar-refractivity contribution is -0.119. The van der Waals surface area contributed by atoms with Crippen molar-refractivity contribution >= 4 is 17.5 Å². The average molecular weight is 287 g/mol. The van der Waals surface area contributed by atoms with Gasteiger partial charge in [0, 0.05) is 10.6 Å². The van der Waals surface area contributed by atoms with Crippen molar-refractivity contribution in [3.05, 3.63) is 59.1 Å². The van der Waals surface area contributed by atoms with Crippen molar-refractivity contribution < 1.29 is 4.79 Å². The normalized spacial score (nSPS) is 21.8. The second-order valence-corrected chi connectivity index (χ2v) is 5.65. The van der Waals surface area contributed by atoms with E-state index in [0.29, 0.717) is 6.42 Å². The summed E-state index contributed by atoms with van der Waals surface area (Å²) in [6.07, 6.45) is 0.443. The molecule has 1 aliphatic heterocycles. The standard InChI is InChI=1S/C16H15ClN2O/c1-16(10-15(20)18-19-16)12-8-6-11(7-9-12)13-4-2-3-5-14(13)17/h2-9,19H,10H2,1H3,(H,18,20). The van der Waals surface area contributed by atoms with Crippen molar-refractivity contribution in [2.24, 2.45) is 0 Å². The Kier molecular flexibility index (Phi) is 3.24. The van der Waals surface area contributed by atoms with Crippen LogP contribution in [0.15, 0.2) is 48.5 Å². The molecule has 2 aromatic carbocycles. The van der Waals surface area contributed by atoms with E-state index < -0.39 is 0 Å². The summed E-state index contributed by atoms with van der Waals surface area (Å²) < 4.78 is 0. The van der Waals surface area contributed by atoms with Crippen LogP contribution in [0, 0.1) is 0 Å². The molecule has 2 aromatic rings. The highest BCUT2D eigenvalue weighted by Crippen LogP contribution is 2.31. The maximum Gasteiger partial charge on any atom is 0.236 e. The molecule has 0 saturated carbocycles. The minimum atomic E-state index is -0.351. The quantitative estimate of drug-likeness (QED) is 0.890. The lowest BCUT2D eigenvalue weighted by Gasteiger charge is -2.23. The van der Waals surface area contributed by atoms with Crippen LogP contribution < -0.4 is 10.9 Å². The zero-order valence-electron chi connectivity index (χ0n) is 11.1. The van der Waals surface area contributed by atoms with Gasteiger partial charge in [0.15, 0.2) is 0 Å². The predicted molar refractivity (Wildman–Crippen MR) is 80.1 cm³/mol. The van der Waals surface area contributed by atoms with E-state index in [2.05, 4.69) is 10.9 Å². The van der Waals surface area contributed by atoms with Crippen LogP contribution in [0.3, 0.4) is 0 Å². The van der Waals surface area contributed by atoms with Crippen molar-refractivity contribution in [2.75, 3.05) is 0 Å². The van der Waals surface area contributed by atoms with E-state index in [1.807, 2.05) is 55.5 Å². The van der Waals surface area contributed by atoms with Gasteiger partial charge in [-0.25, -0.2) is 5.43 Å². The van der Waals surface area contributed by atoms with E-state index in [0.717, 1.165) is 21.7 Å². The molecular formula is C16H15ClN2O. The Hall–Kier alpha value is -1.84. The van der Waals surface area contributed by atoms with E-state index in [1.165, 1.54) is 0 Å².